The van der Waals surface area contributed by atoms with Gasteiger partial charge in [0.25, 0.3) is 0 Å². The number of pyridine rings is 1. The van der Waals surface area contributed by atoms with Crippen LogP contribution in [0.15, 0.2) is 36.7 Å². The molecule has 0 aliphatic carbocycles. The molecule has 2 aromatic rings. The first-order chi connectivity index (χ1) is 9.19. The van der Waals surface area contributed by atoms with E-state index in [9.17, 15) is 4.79 Å². The molecule has 3 rings (SSSR count). The predicted molar refractivity (Wildman–Crippen MR) is 74.7 cm³/mol. The van der Waals surface area contributed by atoms with Crippen molar-refractivity contribution in [3.8, 4) is 11.1 Å². The van der Waals surface area contributed by atoms with Gasteiger partial charge in [-0.1, -0.05) is 12.1 Å². The van der Waals surface area contributed by atoms with Crippen molar-refractivity contribution >= 4 is 11.6 Å². The number of amides is 1. The first kappa shape index (κ1) is 11.9. The highest BCUT2D eigenvalue weighted by Crippen LogP contribution is 2.32. The second-order valence-corrected chi connectivity index (χ2v) is 4.76. The van der Waals surface area contributed by atoms with Crippen LogP contribution in [0.3, 0.4) is 0 Å². The van der Waals surface area contributed by atoms with Crippen molar-refractivity contribution < 1.29 is 4.79 Å². The summed E-state index contributed by atoms with van der Waals surface area (Å²) in [4.78, 5) is 17.6. The second kappa shape index (κ2) is 4.48. The normalized spacial score (nSPS) is 13.8. The minimum atomic E-state index is 0.140. The summed E-state index contributed by atoms with van der Waals surface area (Å²) < 4.78 is 0. The zero-order valence-corrected chi connectivity index (χ0v) is 10.8. The zero-order valence-electron chi connectivity index (χ0n) is 10.8. The molecule has 0 fully saturated rings. The molecule has 2 N–H and O–H groups in total. The van der Waals surface area contributed by atoms with Crippen LogP contribution in [0.25, 0.3) is 11.1 Å². The van der Waals surface area contributed by atoms with E-state index in [-0.39, 0.29) is 5.91 Å². The summed E-state index contributed by atoms with van der Waals surface area (Å²) in [5.41, 5.74) is 10.8. The number of rotatable bonds is 2. The van der Waals surface area contributed by atoms with Crippen molar-refractivity contribution in [3.63, 3.8) is 0 Å². The molecule has 0 atom stereocenters. The summed E-state index contributed by atoms with van der Waals surface area (Å²) in [6.45, 7) is 0.476. The average Bonchev–Trinajstić information content (AvgIpc) is 2.74. The molecule has 0 bridgehead atoms. The van der Waals surface area contributed by atoms with Gasteiger partial charge in [0.05, 0.1) is 6.42 Å². The van der Waals surface area contributed by atoms with E-state index < -0.39 is 0 Å². The summed E-state index contributed by atoms with van der Waals surface area (Å²) in [6, 6.07) is 8.12. The fourth-order valence-corrected chi connectivity index (χ4v) is 2.38. The molecule has 96 valence electrons. The maximum atomic E-state index is 11.7. The van der Waals surface area contributed by atoms with E-state index in [1.54, 1.807) is 11.1 Å². The molecule has 0 saturated carbocycles. The summed E-state index contributed by atoms with van der Waals surface area (Å²) in [6.07, 6.45) is 4.08. The number of hydrogen-bond acceptors (Lipinski definition) is 3. The van der Waals surface area contributed by atoms with Gasteiger partial charge in [0, 0.05) is 37.2 Å². The molecule has 1 amide bonds. The van der Waals surface area contributed by atoms with Crippen molar-refractivity contribution in [2.24, 2.45) is 5.73 Å². The Bertz CT molecular complexity index is 652. The monoisotopic (exact) mass is 253 g/mol. The molecular weight excluding hydrogens is 238 g/mol. The van der Waals surface area contributed by atoms with Crippen LogP contribution >= 0.6 is 0 Å². The molecule has 4 nitrogen and oxygen atoms in total. The fraction of sp³-hybridized carbons (Fsp3) is 0.200. The molecule has 0 saturated heterocycles. The van der Waals surface area contributed by atoms with E-state index in [0.717, 1.165) is 27.9 Å². The van der Waals surface area contributed by atoms with Crippen LogP contribution in [0.2, 0.25) is 0 Å². The number of anilines is 1. The maximum Gasteiger partial charge on any atom is 0.231 e. The minimum Gasteiger partial charge on any atom is -0.326 e. The Morgan fingerprint density at radius 3 is 2.89 bits per heavy atom. The Kier molecular flexibility index (Phi) is 2.80. The Labute approximate surface area is 111 Å². The second-order valence-electron chi connectivity index (χ2n) is 4.76. The van der Waals surface area contributed by atoms with Crippen LogP contribution in [-0.2, 0) is 17.8 Å². The summed E-state index contributed by atoms with van der Waals surface area (Å²) in [7, 11) is 1.81. The first-order valence-corrected chi connectivity index (χ1v) is 6.23. The Hall–Kier alpha value is -2.20. The van der Waals surface area contributed by atoms with Gasteiger partial charge in [0.2, 0.25) is 5.91 Å². The van der Waals surface area contributed by atoms with Gasteiger partial charge in [-0.15, -0.1) is 0 Å². The number of nitrogens with two attached hydrogens (primary N) is 1. The lowest BCUT2D eigenvalue weighted by molar-refractivity contribution is -0.117. The molecular formula is C15H15N3O. The van der Waals surface area contributed by atoms with Gasteiger partial charge >= 0.3 is 0 Å². The third-order valence-corrected chi connectivity index (χ3v) is 3.53. The maximum absolute atomic E-state index is 11.7. The molecule has 1 aliphatic rings. The molecule has 4 heteroatoms. The topological polar surface area (TPSA) is 59.2 Å². The molecule has 2 heterocycles. The van der Waals surface area contributed by atoms with Crippen LogP contribution in [0.5, 0.6) is 0 Å². The SMILES string of the molecule is CN1C(=O)Cc2ccc(-c3cncc(CN)c3)cc21. The fourth-order valence-electron chi connectivity index (χ4n) is 2.38. The highest BCUT2D eigenvalue weighted by molar-refractivity contribution is 6.01. The quantitative estimate of drug-likeness (QED) is 0.886. The van der Waals surface area contributed by atoms with Crippen molar-refractivity contribution in [2.75, 3.05) is 11.9 Å². The first-order valence-electron chi connectivity index (χ1n) is 6.23. The van der Waals surface area contributed by atoms with E-state index in [1.807, 2.05) is 37.5 Å². The molecule has 0 radical (unpaired) electrons. The Morgan fingerprint density at radius 1 is 1.26 bits per heavy atom. The van der Waals surface area contributed by atoms with Gasteiger partial charge in [0.15, 0.2) is 0 Å². The van der Waals surface area contributed by atoms with E-state index >= 15 is 0 Å². The summed E-state index contributed by atoms with van der Waals surface area (Å²) in [5, 5.41) is 0. The lowest BCUT2D eigenvalue weighted by Gasteiger charge is -2.12. The summed E-state index contributed by atoms with van der Waals surface area (Å²) >= 11 is 0. The lowest BCUT2D eigenvalue weighted by atomic mass is 10.0. The number of hydrogen-bond donors (Lipinski definition) is 1. The Balaban J connectivity index is 2.05. The van der Waals surface area contributed by atoms with Crippen LogP contribution in [-0.4, -0.2) is 17.9 Å². The molecule has 1 aliphatic heterocycles. The number of aromatic nitrogens is 1. The van der Waals surface area contributed by atoms with Crippen molar-refractivity contribution in [3.05, 3.63) is 47.8 Å². The number of carbonyl (C=O) groups excluding carboxylic acids is 1. The van der Waals surface area contributed by atoms with Crippen LogP contribution in [0, 0.1) is 0 Å². The van der Waals surface area contributed by atoms with Crippen LogP contribution in [0.1, 0.15) is 11.1 Å². The highest BCUT2D eigenvalue weighted by atomic mass is 16.2. The zero-order chi connectivity index (χ0) is 13.4. The minimum absolute atomic E-state index is 0.140. The predicted octanol–water partition coefficient (Wildman–Crippen LogP) is 1.73. The number of carbonyl (C=O) groups is 1. The largest absolute Gasteiger partial charge is 0.326 e. The van der Waals surface area contributed by atoms with Gasteiger partial charge in [-0.2, -0.15) is 0 Å². The van der Waals surface area contributed by atoms with E-state index in [1.165, 1.54) is 0 Å². The van der Waals surface area contributed by atoms with E-state index in [0.29, 0.717) is 13.0 Å². The lowest BCUT2D eigenvalue weighted by Crippen LogP contribution is -2.20. The number of likely N-dealkylation sites (N-methyl/N-ethyl adjacent to an activating group) is 1. The number of benzene rings is 1. The molecule has 0 unspecified atom stereocenters. The molecule has 1 aromatic heterocycles. The van der Waals surface area contributed by atoms with Gasteiger partial charge in [-0.25, -0.2) is 0 Å². The van der Waals surface area contributed by atoms with Crippen molar-refractivity contribution in [2.45, 2.75) is 13.0 Å². The molecule has 1 aromatic carbocycles. The van der Waals surface area contributed by atoms with Gasteiger partial charge in [0.1, 0.15) is 0 Å². The van der Waals surface area contributed by atoms with Crippen LogP contribution < -0.4 is 10.6 Å². The van der Waals surface area contributed by atoms with E-state index in [2.05, 4.69) is 4.98 Å². The van der Waals surface area contributed by atoms with Gasteiger partial charge in [-0.3, -0.25) is 9.78 Å². The van der Waals surface area contributed by atoms with Gasteiger partial charge in [-0.05, 0) is 28.8 Å². The smallest absolute Gasteiger partial charge is 0.231 e. The molecule has 19 heavy (non-hydrogen) atoms. The summed E-state index contributed by atoms with van der Waals surface area (Å²) in [5.74, 6) is 0.140. The number of fused-ring (bicyclic) bond motifs is 1. The highest BCUT2D eigenvalue weighted by Gasteiger charge is 2.23. The van der Waals surface area contributed by atoms with E-state index in [4.69, 9.17) is 5.73 Å². The third kappa shape index (κ3) is 2.00. The Morgan fingerprint density at radius 2 is 2.11 bits per heavy atom. The standard InChI is InChI=1S/C15H15N3O/c1-18-14-5-11(2-3-12(14)6-15(18)19)13-4-10(7-16)8-17-9-13/h2-5,8-9H,6-7,16H2,1H3. The number of nitrogens with zero attached hydrogens (tertiary/aromatic N) is 2. The van der Waals surface area contributed by atoms with Crippen LogP contribution in [0.4, 0.5) is 5.69 Å². The third-order valence-electron chi connectivity index (χ3n) is 3.53. The van der Waals surface area contributed by atoms with Gasteiger partial charge < -0.3 is 10.6 Å². The van der Waals surface area contributed by atoms with Crippen molar-refractivity contribution in [1.82, 2.24) is 4.98 Å². The average molecular weight is 253 g/mol. The molecule has 0 spiro atoms. The van der Waals surface area contributed by atoms with Crippen molar-refractivity contribution in [1.29, 1.82) is 0 Å².